The largest absolute Gasteiger partial charge is 0.481 e. The summed E-state index contributed by atoms with van der Waals surface area (Å²) in [5, 5.41) is 21.8. The maximum atomic E-state index is 13.1. The molecule has 1 saturated carbocycles. The number of aromatic nitrogens is 3. The monoisotopic (exact) mass is 457 g/mol. The Hall–Kier alpha value is -2.68. The number of amides is 1. The number of ether oxygens (including phenoxy) is 1. The zero-order valence-electron chi connectivity index (χ0n) is 19.6. The smallest absolute Gasteiger partial charge is 0.307 e. The molecule has 180 valence electrons. The topological polar surface area (TPSA) is 118 Å². The van der Waals surface area contributed by atoms with Crippen LogP contribution in [0.2, 0.25) is 0 Å². The third kappa shape index (κ3) is 4.98. The molecule has 9 heteroatoms. The van der Waals surface area contributed by atoms with Crippen LogP contribution in [0.4, 0.5) is 5.69 Å². The number of hydrogen-bond donors (Lipinski definition) is 3. The van der Waals surface area contributed by atoms with Gasteiger partial charge in [0.05, 0.1) is 29.1 Å². The molecule has 1 amide bonds. The van der Waals surface area contributed by atoms with Gasteiger partial charge in [-0.1, -0.05) is 19.8 Å². The second-order valence-electron chi connectivity index (χ2n) is 9.05. The third-order valence-corrected chi connectivity index (χ3v) is 7.04. The third-order valence-electron chi connectivity index (χ3n) is 7.04. The highest BCUT2D eigenvalue weighted by atomic mass is 16.5. The first kappa shape index (κ1) is 23.5. The van der Waals surface area contributed by atoms with Crippen LogP contribution in [0.25, 0.3) is 11.0 Å². The van der Waals surface area contributed by atoms with Crippen molar-refractivity contribution in [3.63, 3.8) is 0 Å². The molecule has 2 atom stereocenters. The van der Waals surface area contributed by atoms with Crippen molar-refractivity contribution in [2.75, 3.05) is 18.5 Å². The van der Waals surface area contributed by atoms with Gasteiger partial charge in [-0.05, 0) is 39.0 Å². The van der Waals surface area contributed by atoms with Gasteiger partial charge in [0.25, 0.3) is 0 Å². The van der Waals surface area contributed by atoms with E-state index in [1.54, 1.807) is 0 Å². The van der Waals surface area contributed by atoms with Crippen LogP contribution in [-0.2, 0) is 33.8 Å². The van der Waals surface area contributed by atoms with Crippen molar-refractivity contribution in [2.24, 2.45) is 11.8 Å². The minimum atomic E-state index is -0.874. The normalized spacial score (nSPS) is 21.8. The molecule has 1 aliphatic heterocycles. The summed E-state index contributed by atoms with van der Waals surface area (Å²) >= 11 is 0. The van der Waals surface area contributed by atoms with Crippen LogP contribution in [0.5, 0.6) is 0 Å². The summed E-state index contributed by atoms with van der Waals surface area (Å²) in [6, 6.07) is 0.281. The molecule has 0 radical (unpaired) electrons. The molecule has 2 aromatic heterocycles. The summed E-state index contributed by atoms with van der Waals surface area (Å²) in [6.07, 6.45) is 7.34. The fourth-order valence-corrected chi connectivity index (χ4v) is 5.15. The van der Waals surface area contributed by atoms with Crippen molar-refractivity contribution >= 4 is 28.6 Å². The van der Waals surface area contributed by atoms with Crippen molar-refractivity contribution < 1.29 is 19.4 Å². The van der Waals surface area contributed by atoms with Crippen molar-refractivity contribution in [2.45, 2.75) is 77.9 Å². The number of nitrogens with zero attached hydrogens (tertiary/aromatic N) is 3. The maximum Gasteiger partial charge on any atom is 0.307 e. The molecule has 2 aliphatic rings. The van der Waals surface area contributed by atoms with Gasteiger partial charge in [0, 0.05) is 43.6 Å². The standard InChI is InChI=1S/C24H35N5O4/c1-3-20-18(13-25-23(30)16-7-5-6-8-17(16)24(31)32)21(27-15-9-11-33-12-10-15)19-14-26-29(4-2)22(19)28-20/h14-17H,3-13H2,1-2H3,(H,25,30)(H,27,28)(H,31,32)/t16-,17+/m0/s1. The van der Waals surface area contributed by atoms with E-state index in [0.29, 0.717) is 19.4 Å². The summed E-state index contributed by atoms with van der Waals surface area (Å²) in [4.78, 5) is 29.6. The van der Waals surface area contributed by atoms with Crippen LogP contribution >= 0.6 is 0 Å². The number of aryl methyl sites for hydroxylation is 2. The lowest BCUT2D eigenvalue weighted by molar-refractivity contribution is -0.148. The second-order valence-corrected chi connectivity index (χ2v) is 9.05. The number of aliphatic carboxylic acids is 1. The molecular weight excluding hydrogens is 422 g/mol. The van der Waals surface area contributed by atoms with Crippen LogP contribution in [0, 0.1) is 11.8 Å². The summed E-state index contributed by atoms with van der Waals surface area (Å²) in [5.41, 5.74) is 3.70. The van der Waals surface area contributed by atoms with Gasteiger partial charge in [0.1, 0.15) is 0 Å². The molecule has 0 spiro atoms. The molecule has 0 bridgehead atoms. The van der Waals surface area contributed by atoms with E-state index in [1.807, 2.05) is 17.8 Å². The van der Waals surface area contributed by atoms with Gasteiger partial charge in [-0.2, -0.15) is 5.10 Å². The van der Waals surface area contributed by atoms with E-state index >= 15 is 0 Å². The molecular formula is C24H35N5O4. The van der Waals surface area contributed by atoms with Gasteiger partial charge >= 0.3 is 5.97 Å². The number of anilines is 1. The number of carbonyl (C=O) groups is 2. The van der Waals surface area contributed by atoms with Crippen LogP contribution in [-0.4, -0.2) is 51.0 Å². The van der Waals surface area contributed by atoms with Gasteiger partial charge in [-0.15, -0.1) is 0 Å². The summed E-state index contributed by atoms with van der Waals surface area (Å²) in [7, 11) is 0. The maximum absolute atomic E-state index is 13.1. The Morgan fingerprint density at radius 1 is 1.15 bits per heavy atom. The molecule has 1 aliphatic carbocycles. The molecule has 0 unspecified atom stereocenters. The first-order valence-corrected chi connectivity index (χ1v) is 12.3. The average Bonchev–Trinajstić information content (AvgIpc) is 3.26. The Morgan fingerprint density at radius 2 is 1.88 bits per heavy atom. The summed E-state index contributed by atoms with van der Waals surface area (Å²) < 4.78 is 7.42. The first-order valence-electron chi connectivity index (χ1n) is 12.3. The lowest BCUT2D eigenvalue weighted by Crippen LogP contribution is -2.39. The SMILES string of the molecule is CCc1nc2c(cnn2CC)c(NC2CCOCC2)c1CNC(=O)[C@H]1CCCC[C@H]1C(=O)O. The number of carbonyl (C=O) groups excluding carboxylic acids is 1. The van der Waals surface area contributed by atoms with E-state index in [9.17, 15) is 14.7 Å². The lowest BCUT2D eigenvalue weighted by atomic mass is 9.78. The van der Waals surface area contributed by atoms with Crippen LogP contribution in [0.1, 0.15) is 63.6 Å². The molecule has 3 heterocycles. The molecule has 4 rings (SSSR count). The van der Waals surface area contributed by atoms with E-state index in [1.165, 1.54) is 0 Å². The van der Waals surface area contributed by atoms with Gasteiger partial charge in [0.2, 0.25) is 5.91 Å². The number of carboxylic acid groups (broad SMARTS) is 1. The fraction of sp³-hybridized carbons (Fsp3) is 0.667. The number of carboxylic acids is 1. The van der Waals surface area contributed by atoms with Gasteiger partial charge < -0.3 is 20.5 Å². The highest BCUT2D eigenvalue weighted by Crippen LogP contribution is 2.33. The van der Waals surface area contributed by atoms with Gasteiger partial charge in [-0.3, -0.25) is 9.59 Å². The quantitative estimate of drug-likeness (QED) is 0.557. The zero-order valence-corrected chi connectivity index (χ0v) is 19.6. The number of fused-ring (bicyclic) bond motifs is 1. The number of pyridine rings is 1. The summed E-state index contributed by atoms with van der Waals surface area (Å²) in [5.74, 6) is -2.13. The molecule has 2 fully saturated rings. The Balaban J connectivity index is 1.64. The van der Waals surface area contributed by atoms with E-state index in [4.69, 9.17) is 9.72 Å². The zero-order chi connectivity index (χ0) is 23.4. The molecule has 9 nitrogen and oxygen atoms in total. The van der Waals surface area contributed by atoms with E-state index in [0.717, 1.165) is 79.8 Å². The van der Waals surface area contributed by atoms with Crippen molar-refractivity contribution in [3.05, 3.63) is 17.5 Å². The minimum Gasteiger partial charge on any atom is -0.481 e. The van der Waals surface area contributed by atoms with Crippen molar-refractivity contribution in [1.82, 2.24) is 20.1 Å². The molecule has 33 heavy (non-hydrogen) atoms. The summed E-state index contributed by atoms with van der Waals surface area (Å²) in [6.45, 7) is 6.60. The number of nitrogens with one attached hydrogen (secondary N) is 2. The van der Waals surface area contributed by atoms with Crippen LogP contribution in [0.15, 0.2) is 6.20 Å². The Kier molecular flexibility index (Phi) is 7.47. The predicted octanol–water partition coefficient (Wildman–Crippen LogP) is 3.11. The number of rotatable bonds is 8. The van der Waals surface area contributed by atoms with E-state index < -0.39 is 17.8 Å². The Labute approximate surface area is 194 Å². The van der Waals surface area contributed by atoms with Crippen LogP contribution < -0.4 is 10.6 Å². The van der Waals surface area contributed by atoms with Crippen LogP contribution in [0.3, 0.4) is 0 Å². The van der Waals surface area contributed by atoms with E-state index in [2.05, 4.69) is 22.7 Å². The first-order chi connectivity index (χ1) is 16.0. The van der Waals surface area contributed by atoms with Crippen molar-refractivity contribution in [3.8, 4) is 0 Å². The average molecular weight is 458 g/mol. The molecule has 1 saturated heterocycles. The van der Waals surface area contributed by atoms with E-state index in [-0.39, 0.29) is 11.9 Å². The Morgan fingerprint density at radius 3 is 2.55 bits per heavy atom. The van der Waals surface area contributed by atoms with Crippen molar-refractivity contribution in [1.29, 1.82) is 0 Å². The second kappa shape index (κ2) is 10.5. The lowest BCUT2D eigenvalue weighted by Gasteiger charge is -2.28. The molecule has 0 aromatic carbocycles. The molecule has 3 N–H and O–H groups in total. The number of hydrogen-bond acceptors (Lipinski definition) is 6. The Bertz CT molecular complexity index is 998. The highest BCUT2D eigenvalue weighted by Gasteiger charge is 2.35. The molecule has 2 aromatic rings. The fourth-order valence-electron chi connectivity index (χ4n) is 5.15. The highest BCUT2D eigenvalue weighted by molar-refractivity contribution is 5.92. The minimum absolute atomic E-state index is 0.175. The van der Waals surface area contributed by atoms with Gasteiger partial charge in [0.15, 0.2) is 5.65 Å². The van der Waals surface area contributed by atoms with Gasteiger partial charge in [-0.25, -0.2) is 9.67 Å². The predicted molar refractivity (Wildman–Crippen MR) is 125 cm³/mol.